The lowest BCUT2D eigenvalue weighted by Crippen LogP contribution is -2.51. The van der Waals surface area contributed by atoms with E-state index in [0.29, 0.717) is 34.3 Å². The van der Waals surface area contributed by atoms with Gasteiger partial charge in [0.25, 0.3) is 5.91 Å². The molecule has 34 heavy (non-hydrogen) atoms. The number of nitrogens with zero attached hydrogens (tertiary/aromatic N) is 1. The van der Waals surface area contributed by atoms with Gasteiger partial charge in [0, 0.05) is 29.6 Å². The van der Waals surface area contributed by atoms with Gasteiger partial charge in [0.05, 0.1) is 0 Å². The number of aryl methyl sites for hydroxylation is 1. The molecule has 0 aromatic heterocycles. The first-order chi connectivity index (χ1) is 16.4. The molecule has 0 spiro atoms. The van der Waals surface area contributed by atoms with Crippen molar-refractivity contribution in [2.24, 2.45) is 0 Å². The summed E-state index contributed by atoms with van der Waals surface area (Å²) in [5.74, 6) is 0.0277. The first kappa shape index (κ1) is 25.6. The van der Waals surface area contributed by atoms with Crippen LogP contribution >= 0.6 is 23.2 Å². The van der Waals surface area contributed by atoms with Crippen molar-refractivity contribution in [1.29, 1.82) is 0 Å². The number of nitrogens with one attached hydrogen (secondary N) is 1. The van der Waals surface area contributed by atoms with Gasteiger partial charge < -0.3 is 15.0 Å². The van der Waals surface area contributed by atoms with Crippen LogP contribution in [0.4, 0.5) is 0 Å². The van der Waals surface area contributed by atoms with Gasteiger partial charge in [0.15, 0.2) is 6.61 Å². The van der Waals surface area contributed by atoms with Gasteiger partial charge in [-0.05, 0) is 49.2 Å². The first-order valence-electron chi connectivity index (χ1n) is 11.1. The average Bonchev–Trinajstić information content (AvgIpc) is 2.82. The molecule has 3 aromatic rings. The third kappa shape index (κ3) is 7.24. The van der Waals surface area contributed by atoms with E-state index in [-0.39, 0.29) is 25.0 Å². The van der Waals surface area contributed by atoms with Crippen LogP contribution in [0.1, 0.15) is 23.6 Å². The summed E-state index contributed by atoms with van der Waals surface area (Å²) in [5, 5.41) is 3.79. The Morgan fingerprint density at radius 1 is 1.00 bits per heavy atom. The Balaban J connectivity index is 1.91. The van der Waals surface area contributed by atoms with E-state index in [1.165, 1.54) is 4.90 Å². The van der Waals surface area contributed by atoms with Crippen LogP contribution in [0.3, 0.4) is 0 Å². The zero-order valence-corrected chi connectivity index (χ0v) is 20.8. The van der Waals surface area contributed by atoms with Crippen molar-refractivity contribution < 1.29 is 14.3 Å². The van der Waals surface area contributed by atoms with Crippen LogP contribution in [0.5, 0.6) is 5.75 Å². The van der Waals surface area contributed by atoms with Gasteiger partial charge in [-0.1, -0.05) is 77.3 Å². The Morgan fingerprint density at radius 3 is 2.35 bits per heavy atom. The van der Waals surface area contributed by atoms with Crippen LogP contribution in [-0.4, -0.2) is 35.9 Å². The molecule has 3 aromatic carbocycles. The van der Waals surface area contributed by atoms with E-state index in [2.05, 4.69) is 5.32 Å². The van der Waals surface area contributed by atoms with E-state index in [0.717, 1.165) is 11.1 Å². The third-order valence-corrected chi connectivity index (χ3v) is 5.95. The van der Waals surface area contributed by atoms with Gasteiger partial charge in [-0.15, -0.1) is 0 Å². The van der Waals surface area contributed by atoms with Crippen molar-refractivity contribution in [3.63, 3.8) is 0 Å². The molecule has 1 atom stereocenters. The van der Waals surface area contributed by atoms with E-state index < -0.39 is 6.04 Å². The number of rotatable bonds is 10. The highest BCUT2D eigenvalue weighted by Gasteiger charge is 2.31. The molecule has 178 valence electrons. The summed E-state index contributed by atoms with van der Waals surface area (Å²) < 4.78 is 5.75. The molecule has 0 aliphatic carbocycles. The molecule has 0 saturated carbocycles. The van der Waals surface area contributed by atoms with Crippen LogP contribution in [0.25, 0.3) is 0 Å². The summed E-state index contributed by atoms with van der Waals surface area (Å²) in [5.41, 5.74) is 2.73. The van der Waals surface area contributed by atoms with Crippen molar-refractivity contribution >= 4 is 35.0 Å². The molecule has 0 saturated heterocycles. The predicted molar refractivity (Wildman–Crippen MR) is 136 cm³/mol. The Morgan fingerprint density at radius 2 is 1.71 bits per heavy atom. The van der Waals surface area contributed by atoms with Gasteiger partial charge >= 0.3 is 0 Å². The number of amides is 2. The van der Waals surface area contributed by atoms with Crippen LogP contribution in [0, 0.1) is 6.92 Å². The van der Waals surface area contributed by atoms with Crippen molar-refractivity contribution in [1.82, 2.24) is 10.2 Å². The molecular formula is C27H28Cl2N2O3. The van der Waals surface area contributed by atoms with Crippen molar-refractivity contribution in [2.75, 3.05) is 13.2 Å². The maximum absolute atomic E-state index is 13.5. The molecule has 0 aliphatic rings. The molecule has 2 amide bonds. The molecule has 0 heterocycles. The lowest BCUT2D eigenvalue weighted by atomic mass is 10.0. The first-order valence-corrected chi connectivity index (χ1v) is 11.9. The highest BCUT2D eigenvalue weighted by molar-refractivity contribution is 6.35. The number of halogens is 2. The fourth-order valence-corrected chi connectivity index (χ4v) is 4.01. The standard InChI is InChI=1S/C27H28Cl2N2O3/c1-3-30-27(33)25(15-20-7-5-4-6-8-20)31(17-21-11-12-22(28)16-24(21)29)26(32)18-34-23-13-9-19(2)10-14-23/h4-14,16,25H,3,15,17-18H2,1-2H3,(H,30,33). The zero-order chi connectivity index (χ0) is 24.5. The second-order valence-corrected chi connectivity index (χ2v) is 8.80. The fraction of sp³-hybridized carbons (Fsp3) is 0.259. The quantitative estimate of drug-likeness (QED) is 0.403. The Kier molecular flexibility index (Phi) is 9.37. The fourth-order valence-electron chi connectivity index (χ4n) is 3.54. The second kappa shape index (κ2) is 12.4. The Labute approximate surface area is 210 Å². The second-order valence-electron chi connectivity index (χ2n) is 7.96. The van der Waals surface area contributed by atoms with Crippen molar-refractivity contribution in [3.05, 3.63) is 99.5 Å². The summed E-state index contributed by atoms with van der Waals surface area (Å²) in [4.78, 5) is 28.1. The summed E-state index contributed by atoms with van der Waals surface area (Å²) in [7, 11) is 0. The smallest absolute Gasteiger partial charge is 0.261 e. The predicted octanol–water partition coefficient (Wildman–Crippen LogP) is 5.46. The van der Waals surface area contributed by atoms with E-state index in [1.54, 1.807) is 18.2 Å². The molecule has 7 heteroatoms. The maximum Gasteiger partial charge on any atom is 0.261 e. The van der Waals surface area contributed by atoms with E-state index in [4.69, 9.17) is 27.9 Å². The minimum atomic E-state index is -0.747. The molecule has 1 N–H and O–H groups in total. The molecule has 1 unspecified atom stereocenters. The number of likely N-dealkylation sites (N-methyl/N-ethyl adjacent to an activating group) is 1. The van der Waals surface area contributed by atoms with E-state index >= 15 is 0 Å². The summed E-state index contributed by atoms with van der Waals surface area (Å²) in [6, 6.07) is 21.4. The number of carbonyl (C=O) groups excluding carboxylic acids is 2. The third-order valence-electron chi connectivity index (χ3n) is 5.36. The summed E-state index contributed by atoms with van der Waals surface area (Å²) >= 11 is 12.5. The van der Waals surface area contributed by atoms with Crippen molar-refractivity contribution in [3.8, 4) is 5.75 Å². The largest absolute Gasteiger partial charge is 0.484 e. The summed E-state index contributed by atoms with van der Waals surface area (Å²) in [6.07, 6.45) is 0.355. The molecule has 0 aliphatic heterocycles. The molecule has 3 rings (SSSR count). The number of hydrogen-bond acceptors (Lipinski definition) is 3. The van der Waals surface area contributed by atoms with Gasteiger partial charge in [-0.25, -0.2) is 0 Å². The lowest BCUT2D eigenvalue weighted by molar-refractivity contribution is -0.142. The molecule has 0 bridgehead atoms. The average molecular weight is 499 g/mol. The van der Waals surface area contributed by atoms with E-state index in [9.17, 15) is 9.59 Å². The maximum atomic E-state index is 13.5. The molecule has 5 nitrogen and oxygen atoms in total. The Bertz CT molecular complexity index is 1100. The van der Waals surface area contributed by atoms with Gasteiger partial charge in [-0.3, -0.25) is 9.59 Å². The lowest BCUT2D eigenvalue weighted by Gasteiger charge is -2.31. The Hall–Kier alpha value is -3.02. The van der Waals surface area contributed by atoms with E-state index in [1.807, 2.05) is 68.4 Å². The summed E-state index contributed by atoms with van der Waals surface area (Å²) in [6.45, 7) is 4.21. The highest BCUT2D eigenvalue weighted by Crippen LogP contribution is 2.24. The van der Waals surface area contributed by atoms with Crippen LogP contribution in [-0.2, 0) is 22.6 Å². The molecule has 0 fully saturated rings. The number of benzene rings is 3. The minimum Gasteiger partial charge on any atom is -0.484 e. The molecular weight excluding hydrogens is 471 g/mol. The van der Waals surface area contributed by atoms with Crippen LogP contribution in [0.2, 0.25) is 10.0 Å². The molecule has 0 radical (unpaired) electrons. The van der Waals surface area contributed by atoms with Gasteiger partial charge in [0.2, 0.25) is 5.91 Å². The van der Waals surface area contributed by atoms with Crippen LogP contribution in [0.15, 0.2) is 72.8 Å². The highest BCUT2D eigenvalue weighted by atomic mass is 35.5. The van der Waals surface area contributed by atoms with Crippen LogP contribution < -0.4 is 10.1 Å². The SMILES string of the molecule is CCNC(=O)C(Cc1ccccc1)N(Cc1ccc(Cl)cc1Cl)C(=O)COc1ccc(C)cc1. The minimum absolute atomic E-state index is 0.140. The number of hydrogen-bond donors (Lipinski definition) is 1. The topological polar surface area (TPSA) is 58.6 Å². The van der Waals surface area contributed by atoms with Crippen molar-refractivity contribution in [2.45, 2.75) is 32.9 Å². The zero-order valence-electron chi connectivity index (χ0n) is 19.3. The van der Waals surface area contributed by atoms with Gasteiger partial charge in [-0.2, -0.15) is 0 Å². The number of ether oxygens (including phenoxy) is 1. The van der Waals surface area contributed by atoms with Gasteiger partial charge in [0.1, 0.15) is 11.8 Å². The normalized spacial score (nSPS) is 11.5. The number of carbonyl (C=O) groups is 2. The monoisotopic (exact) mass is 498 g/mol.